The van der Waals surface area contributed by atoms with Gasteiger partial charge in [-0.2, -0.15) is 0 Å². The largest absolute Gasteiger partial charge is 0.392 e. The Balaban J connectivity index is 1.80. The van der Waals surface area contributed by atoms with Gasteiger partial charge in [0.1, 0.15) is 0 Å². The van der Waals surface area contributed by atoms with Gasteiger partial charge in [0.2, 0.25) is 0 Å². The molecule has 0 bridgehead atoms. The van der Waals surface area contributed by atoms with E-state index in [1.807, 2.05) is 12.3 Å². The lowest BCUT2D eigenvalue weighted by atomic mass is 10.1. The van der Waals surface area contributed by atoms with Crippen LogP contribution in [-0.4, -0.2) is 47.2 Å². The molecule has 2 aliphatic heterocycles. The molecular weight excluding hydrogens is 214 g/mol. The molecule has 0 radical (unpaired) electrons. The molecule has 92 valence electrons. The van der Waals surface area contributed by atoms with Crippen LogP contribution in [0.4, 0.5) is 5.69 Å². The van der Waals surface area contributed by atoms with Crippen LogP contribution in [0.1, 0.15) is 18.4 Å². The molecule has 1 aromatic rings. The molecular formula is C13H19N3O. The van der Waals surface area contributed by atoms with Crippen LogP contribution in [0.3, 0.4) is 0 Å². The molecule has 1 N–H and O–H groups in total. The fraction of sp³-hybridized carbons (Fsp3) is 0.615. The van der Waals surface area contributed by atoms with Crippen molar-refractivity contribution in [3.05, 3.63) is 24.0 Å². The van der Waals surface area contributed by atoms with E-state index in [4.69, 9.17) is 0 Å². The highest BCUT2D eigenvalue weighted by Crippen LogP contribution is 2.27. The number of aromatic nitrogens is 1. The van der Waals surface area contributed by atoms with E-state index in [0.717, 1.165) is 30.9 Å². The molecule has 4 heteroatoms. The van der Waals surface area contributed by atoms with Crippen LogP contribution < -0.4 is 4.90 Å². The molecule has 0 spiro atoms. The quantitative estimate of drug-likeness (QED) is 0.822. The maximum absolute atomic E-state index is 9.36. The van der Waals surface area contributed by atoms with Gasteiger partial charge in [0.15, 0.2) is 0 Å². The summed E-state index contributed by atoms with van der Waals surface area (Å²) < 4.78 is 0. The highest BCUT2D eigenvalue weighted by Gasteiger charge is 2.31. The van der Waals surface area contributed by atoms with Crippen molar-refractivity contribution >= 4 is 5.69 Å². The summed E-state index contributed by atoms with van der Waals surface area (Å²) in [5.41, 5.74) is 2.10. The zero-order valence-corrected chi connectivity index (χ0v) is 10.0. The monoisotopic (exact) mass is 233 g/mol. The van der Waals surface area contributed by atoms with E-state index >= 15 is 0 Å². The van der Waals surface area contributed by atoms with Gasteiger partial charge in [-0.3, -0.25) is 9.88 Å². The van der Waals surface area contributed by atoms with Crippen LogP contribution in [0.2, 0.25) is 0 Å². The number of piperazine rings is 1. The summed E-state index contributed by atoms with van der Waals surface area (Å²) in [6.07, 6.45) is 6.24. The fourth-order valence-corrected chi connectivity index (χ4v) is 3.06. The van der Waals surface area contributed by atoms with Gasteiger partial charge in [0.05, 0.1) is 6.61 Å². The van der Waals surface area contributed by atoms with Crippen LogP contribution in [0.25, 0.3) is 0 Å². The zero-order valence-electron chi connectivity index (χ0n) is 10.0. The topological polar surface area (TPSA) is 39.6 Å². The second-order valence-electron chi connectivity index (χ2n) is 4.94. The van der Waals surface area contributed by atoms with E-state index in [2.05, 4.69) is 14.8 Å². The second-order valence-corrected chi connectivity index (χ2v) is 4.94. The highest BCUT2D eigenvalue weighted by atomic mass is 16.3. The Bertz CT molecular complexity index is 396. The molecule has 2 fully saturated rings. The molecule has 4 nitrogen and oxygen atoms in total. The lowest BCUT2D eigenvalue weighted by molar-refractivity contribution is 0.230. The van der Waals surface area contributed by atoms with Crippen LogP contribution in [0.15, 0.2) is 18.5 Å². The molecule has 17 heavy (non-hydrogen) atoms. The van der Waals surface area contributed by atoms with E-state index in [-0.39, 0.29) is 6.61 Å². The van der Waals surface area contributed by atoms with Crippen molar-refractivity contribution in [1.82, 2.24) is 9.88 Å². The number of aliphatic hydroxyl groups excluding tert-OH is 1. The average Bonchev–Trinajstić information content (AvgIpc) is 2.85. The van der Waals surface area contributed by atoms with Crippen LogP contribution in [0, 0.1) is 0 Å². The Morgan fingerprint density at radius 2 is 2.29 bits per heavy atom. The van der Waals surface area contributed by atoms with Crippen LogP contribution >= 0.6 is 0 Å². The first kappa shape index (κ1) is 11.0. The Morgan fingerprint density at radius 1 is 1.35 bits per heavy atom. The van der Waals surface area contributed by atoms with Gasteiger partial charge in [0.25, 0.3) is 0 Å². The highest BCUT2D eigenvalue weighted by molar-refractivity contribution is 5.52. The standard InChI is InChI=1S/C13H19N3O/c17-10-11-8-14-4-3-13(11)16-7-6-15-5-1-2-12(15)9-16/h3-4,8,12,17H,1-2,5-7,9-10H2. The molecule has 1 unspecified atom stereocenters. The van der Waals surface area contributed by atoms with E-state index in [9.17, 15) is 5.11 Å². The van der Waals surface area contributed by atoms with Gasteiger partial charge >= 0.3 is 0 Å². The Labute approximate surface area is 102 Å². The van der Waals surface area contributed by atoms with Crippen molar-refractivity contribution in [2.75, 3.05) is 31.1 Å². The summed E-state index contributed by atoms with van der Waals surface area (Å²) in [6.45, 7) is 4.65. The normalized spacial score (nSPS) is 25.0. The molecule has 1 aromatic heterocycles. The average molecular weight is 233 g/mol. The Kier molecular flexibility index (Phi) is 2.99. The molecule has 2 saturated heterocycles. The summed E-state index contributed by atoms with van der Waals surface area (Å²) in [6, 6.07) is 2.74. The van der Waals surface area contributed by atoms with Crippen LogP contribution in [0.5, 0.6) is 0 Å². The molecule has 0 aliphatic carbocycles. The second kappa shape index (κ2) is 4.63. The van der Waals surface area contributed by atoms with Gasteiger partial charge in [-0.15, -0.1) is 0 Å². The predicted octanol–water partition coefficient (Wildman–Crippen LogP) is 0.858. The minimum absolute atomic E-state index is 0.0774. The number of hydrogen-bond donors (Lipinski definition) is 1. The van der Waals surface area contributed by atoms with E-state index < -0.39 is 0 Å². The minimum Gasteiger partial charge on any atom is -0.392 e. The van der Waals surface area contributed by atoms with E-state index in [0.29, 0.717) is 6.04 Å². The number of pyridine rings is 1. The van der Waals surface area contributed by atoms with Gasteiger partial charge in [-0.05, 0) is 25.5 Å². The Hall–Kier alpha value is -1.13. The third kappa shape index (κ3) is 2.03. The minimum atomic E-state index is 0.0774. The lowest BCUT2D eigenvalue weighted by Crippen LogP contribution is -2.50. The smallest absolute Gasteiger partial charge is 0.0717 e. The third-order valence-corrected chi connectivity index (χ3v) is 3.98. The van der Waals surface area contributed by atoms with Gasteiger partial charge in [0, 0.05) is 49.3 Å². The molecule has 0 saturated carbocycles. The first-order valence-electron chi connectivity index (χ1n) is 6.41. The Morgan fingerprint density at radius 3 is 3.18 bits per heavy atom. The first-order chi connectivity index (χ1) is 8.38. The number of nitrogens with zero attached hydrogens (tertiary/aromatic N) is 3. The lowest BCUT2D eigenvalue weighted by Gasteiger charge is -2.39. The molecule has 0 aromatic carbocycles. The van der Waals surface area contributed by atoms with E-state index in [1.165, 1.54) is 19.4 Å². The predicted molar refractivity (Wildman–Crippen MR) is 67.0 cm³/mol. The van der Waals surface area contributed by atoms with Crippen molar-refractivity contribution in [1.29, 1.82) is 0 Å². The number of rotatable bonds is 2. The zero-order chi connectivity index (χ0) is 11.7. The van der Waals surface area contributed by atoms with Gasteiger partial charge < -0.3 is 10.0 Å². The number of anilines is 1. The molecule has 0 amide bonds. The third-order valence-electron chi connectivity index (χ3n) is 3.98. The maximum atomic E-state index is 9.36. The summed E-state index contributed by atoms with van der Waals surface area (Å²) in [5.74, 6) is 0. The maximum Gasteiger partial charge on any atom is 0.0717 e. The summed E-state index contributed by atoms with van der Waals surface area (Å²) in [4.78, 5) is 9.08. The van der Waals surface area contributed by atoms with Crippen molar-refractivity contribution in [3.63, 3.8) is 0 Å². The molecule has 2 aliphatic rings. The molecule has 3 heterocycles. The van der Waals surface area contributed by atoms with Gasteiger partial charge in [-0.1, -0.05) is 0 Å². The summed E-state index contributed by atoms with van der Waals surface area (Å²) in [7, 11) is 0. The van der Waals surface area contributed by atoms with E-state index in [1.54, 1.807) is 6.20 Å². The van der Waals surface area contributed by atoms with Gasteiger partial charge in [-0.25, -0.2) is 0 Å². The van der Waals surface area contributed by atoms with Crippen molar-refractivity contribution in [2.24, 2.45) is 0 Å². The number of aliphatic hydroxyl groups is 1. The fourth-order valence-electron chi connectivity index (χ4n) is 3.06. The number of fused-ring (bicyclic) bond motifs is 1. The van der Waals surface area contributed by atoms with Crippen molar-refractivity contribution in [3.8, 4) is 0 Å². The summed E-state index contributed by atoms with van der Waals surface area (Å²) >= 11 is 0. The molecule has 3 rings (SSSR count). The first-order valence-corrected chi connectivity index (χ1v) is 6.41. The molecule has 1 atom stereocenters. The van der Waals surface area contributed by atoms with Crippen molar-refractivity contribution < 1.29 is 5.11 Å². The SMILES string of the molecule is OCc1cnccc1N1CCN2CCCC2C1. The number of hydrogen-bond acceptors (Lipinski definition) is 4. The van der Waals surface area contributed by atoms with Crippen LogP contribution in [-0.2, 0) is 6.61 Å². The van der Waals surface area contributed by atoms with Crippen molar-refractivity contribution in [2.45, 2.75) is 25.5 Å². The summed E-state index contributed by atoms with van der Waals surface area (Å²) in [5, 5.41) is 9.36.